The first-order valence-electron chi connectivity index (χ1n) is 7.80. The van der Waals surface area contributed by atoms with E-state index in [1.54, 1.807) is 27.7 Å². The third-order valence-corrected chi connectivity index (χ3v) is 3.81. The Morgan fingerprint density at radius 1 is 1.16 bits per heavy atom. The maximum absolute atomic E-state index is 12.8. The first kappa shape index (κ1) is 20.7. The molecule has 1 aliphatic heterocycles. The summed E-state index contributed by atoms with van der Waals surface area (Å²) in [5.41, 5.74) is -0.434. The highest BCUT2D eigenvalue weighted by Gasteiger charge is 2.56. The molecule has 0 unspecified atom stereocenters. The van der Waals surface area contributed by atoms with Gasteiger partial charge in [-0.1, -0.05) is 12.2 Å². The summed E-state index contributed by atoms with van der Waals surface area (Å²) < 4.78 is 14.6. The number of imide groups is 1. The van der Waals surface area contributed by atoms with Crippen LogP contribution in [0, 0.1) is 11.8 Å². The van der Waals surface area contributed by atoms with Crippen LogP contribution in [-0.2, 0) is 28.6 Å². The Bertz CT molecular complexity index is 590. The lowest BCUT2D eigenvalue weighted by Gasteiger charge is -2.27. The van der Waals surface area contributed by atoms with Crippen LogP contribution in [0.15, 0.2) is 12.2 Å². The quantitative estimate of drug-likeness (QED) is 0.430. The van der Waals surface area contributed by atoms with Crippen LogP contribution < -0.4 is 0 Å². The second kappa shape index (κ2) is 7.67. The third-order valence-electron chi connectivity index (χ3n) is 3.81. The monoisotopic (exact) mass is 355 g/mol. The minimum Gasteiger partial charge on any atom is -0.469 e. The predicted molar refractivity (Wildman–Crippen MR) is 87.3 cm³/mol. The van der Waals surface area contributed by atoms with Crippen molar-refractivity contribution in [1.82, 2.24) is 4.90 Å². The van der Waals surface area contributed by atoms with Crippen LogP contribution in [0.4, 0.5) is 4.79 Å². The number of carbonyl (C=O) groups is 4. The largest absolute Gasteiger partial charge is 0.469 e. The number of likely N-dealkylation sites (tertiary alicyclic amines) is 1. The van der Waals surface area contributed by atoms with Crippen molar-refractivity contribution in [1.29, 1.82) is 0 Å². The average Bonchev–Trinajstić information content (AvgIpc) is 2.76. The second-order valence-electron chi connectivity index (χ2n) is 6.92. The van der Waals surface area contributed by atoms with Crippen LogP contribution in [0.5, 0.6) is 0 Å². The number of methoxy groups -OCH3 is 2. The molecule has 140 valence electrons. The lowest BCUT2D eigenvalue weighted by molar-refractivity contribution is -0.150. The van der Waals surface area contributed by atoms with Crippen molar-refractivity contribution in [2.75, 3.05) is 14.2 Å². The van der Waals surface area contributed by atoms with Gasteiger partial charge in [-0.3, -0.25) is 9.59 Å². The van der Waals surface area contributed by atoms with Gasteiger partial charge in [0.25, 0.3) is 0 Å². The van der Waals surface area contributed by atoms with Gasteiger partial charge < -0.3 is 14.2 Å². The molecule has 1 saturated heterocycles. The minimum absolute atomic E-state index is 0.237. The van der Waals surface area contributed by atoms with Gasteiger partial charge in [0.15, 0.2) is 0 Å². The number of rotatable bonds is 4. The van der Waals surface area contributed by atoms with Crippen molar-refractivity contribution in [2.45, 2.75) is 45.8 Å². The molecule has 1 aliphatic rings. The Morgan fingerprint density at radius 3 is 2.12 bits per heavy atom. The SMILES string of the molecule is C=C(C)[C@H]1C(=O)N(C(=O)OC(C)(C)C)[C@H](C(=O)OC)[C@H]1CC(=O)OC. The molecule has 0 radical (unpaired) electrons. The molecule has 1 rings (SSSR count). The van der Waals surface area contributed by atoms with Crippen molar-refractivity contribution in [3.05, 3.63) is 12.2 Å². The van der Waals surface area contributed by atoms with Crippen molar-refractivity contribution in [3.63, 3.8) is 0 Å². The third kappa shape index (κ3) is 4.58. The summed E-state index contributed by atoms with van der Waals surface area (Å²) in [6.45, 7) is 10.3. The van der Waals surface area contributed by atoms with E-state index >= 15 is 0 Å². The molecule has 0 saturated carbocycles. The van der Waals surface area contributed by atoms with Gasteiger partial charge >= 0.3 is 18.0 Å². The Hall–Kier alpha value is -2.38. The number of esters is 2. The van der Waals surface area contributed by atoms with E-state index in [4.69, 9.17) is 9.47 Å². The van der Waals surface area contributed by atoms with Crippen molar-refractivity contribution < 1.29 is 33.4 Å². The van der Waals surface area contributed by atoms with Gasteiger partial charge in [0.1, 0.15) is 11.6 Å². The molecule has 0 bridgehead atoms. The van der Waals surface area contributed by atoms with Crippen molar-refractivity contribution in [2.24, 2.45) is 11.8 Å². The van der Waals surface area contributed by atoms with E-state index in [0.29, 0.717) is 5.57 Å². The molecule has 1 fully saturated rings. The summed E-state index contributed by atoms with van der Waals surface area (Å²) in [5, 5.41) is 0. The smallest absolute Gasteiger partial charge is 0.417 e. The molecule has 2 amide bonds. The van der Waals surface area contributed by atoms with Gasteiger partial charge in [0.05, 0.1) is 26.6 Å². The number of hydrogen-bond acceptors (Lipinski definition) is 7. The zero-order chi connectivity index (χ0) is 19.5. The predicted octanol–water partition coefficient (Wildman–Crippen LogP) is 1.68. The molecule has 8 nitrogen and oxygen atoms in total. The van der Waals surface area contributed by atoms with E-state index in [1.165, 1.54) is 7.11 Å². The summed E-state index contributed by atoms with van der Waals surface area (Å²) in [7, 11) is 2.34. The van der Waals surface area contributed by atoms with E-state index < -0.39 is 47.4 Å². The fourth-order valence-electron chi connectivity index (χ4n) is 2.84. The molecule has 8 heteroatoms. The topological polar surface area (TPSA) is 99.2 Å². The molecule has 0 spiro atoms. The molecule has 1 heterocycles. The summed E-state index contributed by atoms with van der Waals surface area (Å²) in [6, 6.07) is -1.28. The minimum atomic E-state index is -1.28. The second-order valence-corrected chi connectivity index (χ2v) is 6.92. The van der Waals surface area contributed by atoms with E-state index in [1.807, 2.05) is 0 Å². The van der Waals surface area contributed by atoms with Gasteiger partial charge in [0, 0.05) is 5.92 Å². The molecular weight excluding hydrogens is 330 g/mol. The van der Waals surface area contributed by atoms with Gasteiger partial charge in [-0.2, -0.15) is 0 Å². The Labute approximate surface area is 147 Å². The zero-order valence-electron chi connectivity index (χ0n) is 15.5. The van der Waals surface area contributed by atoms with Crippen LogP contribution in [0.25, 0.3) is 0 Å². The molecule has 0 aliphatic carbocycles. The number of ether oxygens (including phenoxy) is 3. The van der Waals surface area contributed by atoms with Gasteiger partial charge in [0.2, 0.25) is 5.91 Å². The molecule has 0 aromatic rings. The number of amides is 2. The molecular formula is C17H25NO7. The maximum atomic E-state index is 12.8. The Balaban J connectivity index is 3.35. The number of hydrogen-bond donors (Lipinski definition) is 0. The summed E-state index contributed by atoms with van der Waals surface area (Å²) in [4.78, 5) is 50.1. The molecule has 3 atom stereocenters. The number of nitrogens with zero attached hydrogens (tertiary/aromatic N) is 1. The number of carbonyl (C=O) groups excluding carboxylic acids is 4. The van der Waals surface area contributed by atoms with Gasteiger partial charge in [-0.05, 0) is 27.7 Å². The first-order valence-corrected chi connectivity index (χ1v) is 7.80. The summed E-state index contributed by atoms with van der Waals surface area (Å²) in [6.07, 6.45) is -1.20. The fraction of sp³-hybridized carbons (Fsp3) is 0.647. The highest BCUT2D eigenvalue weighted by atomic mass is 16.6. The molecule has 0 aromatic carbocycles. The average molecular weight is 355 g/mol. The normalized spacial score (nSPS) is 23.2. The highest BCUT2D eigenvalue weighted by molar-refractivity contribution is 6.02. The van der Waals surface area contributed by atoms with Crippen LogP contribution in [0.1, 0.15) is 34.1 Å². The van der Waals surface area contributed by atoms with Crippen LogP contribution >= 0.6 is 0 Å². The lowest BCUT2D eigenvalue weighted by atomic mass is 9.83. The van der Waals surface area contributed by atoms with Crippen molar-refractivity contribution >= 4 is 23.9 Å². The highest BCUT2D eigenvalue weighted by Crippen LogP contribution is 2.39. The van der Waals surface area contributed by atoms with E-state index in [-0.39, 0.29) is 6.42 Å². The summed E-state index contributed by atoms with van der Waals surface area (Å²) >= 11 is 0. The van der Waals surface area contributed by atoms with Crippen molar-refractivity contribution in [3.8, 4) is 0 Å². The first-order chi connectivity index (χ1) is 11.4. The standard InChI is InChI=1S/C17H25NO7/c1-9(2)12-10(8-11(19)23-6)13(15(21)24-7)18(14(12)20)16(22)25-17(3,4)5/h10,12-13H,1,8H2,2-7H3/t10-,12+,13-/m0/s1. The van der Waals surface area contributed by atoms with Crippen LogP contribution in [0.2, 0.25) is 0 Å². The molecule has 0 N–H and O–H groups in total. The van der Waals surface area contributed by atoms with Gasteiger partial charge in [-0.15, -0.1) is 0 Å². The molecule has 0 aromatic heterocycles. The van der Waals surface area contributed by atoms with Crippen LogP contribution in [-0.4, -0.2) is 54.7 Å². The van der Waals surface area contributed by atoms with E-state index in [9.17, 15) is 19.2 Å². The lowest BCUT2D eigenvalue weighted by Crippen LogP contribution is -2.48. The zero-order valence-corrected chi connectivity index (χ0v) is 15.5. The van der Waals surface area contributed by atoms with Crippen LogP contribution in [0.3, 0.4) is 0 Å². The molecule has 25 heavy (non-hydrogen) atoms. The van der Waals surface area contributed by atoms with E-state index in [0.717, 1.165) is 12.0 Å². The Kier molecular flexibility index (Phi) is 6.34. The summed E-state index contributed by atoms with van der Waals surface area (Å²) in [5.74, 6) is -3.79. The Morgan fingerprint density at radius 2 is 1.72 bits per heavy atom. The van der Waals surface area contributed by atoms with Gasteiger partial charge in [-0.25, -0.2) is 14.5 Å². The van der Waals surface area contributed by atoms with E-state index in [2.05, 4.69) is 11.3 Å². The fourth-order valence-corrected chi connectivity index (χ4v) is 2.84. The maximum Gasteiger partial charge on any atom is 0.417 e.